The summed E-state index contributed by atoms with van der Waals surface area (Å²) < 4.78 is 5.13. The van der Waals surface area contributed by atoms with Crippen LogP contribution in [-0.2, 0) is 0 Å². The van der Waals surface area contributed by atoms with Crippen LogP contribution in [0.4, 0.5) is 0 Å². The minimum absolute atomic E-state index is 0.166. The molecule has 118 valence electrons. The van der Waals surface area contributed by atoms with Gasteiger partial charge in [-0.2, -0.15) is 0 Å². The molecule has 3 nitrogen and oxygen atoms in total. The molecule has 2 rings (SSSR count). The van der Waals surface area contributed by atoms with Gasteiger partial charge in [-0.3, -0.25) is 0 Å². The summed E-state index contributed by atoms with van der Waals surface area (Å²) in [7, 11) is 1.61. The molecule has 0 amide bonds. The first kappa shape index (κ1) is 16.2. The average molecular weight is 291 g/mol. The van der Waals surface area contributed by atoms with Crippen molar-refractivity contribution in [2.75, 3.05) is 13.7 Å². The topological polar surface area (TPSA) is 41.5 Å². The maximum Gasteiger partial charge on any atom is 0.124 e. The third kappa shape index (κ3) is 4.37. The van der Waals surface area contributed by atoms with Gasteiger partial charge in [0.1, 0.15) is 11.5 Å². The minimum atomic E-state index is 0.166. The number of hydrogen-bond acceptors (Lipinski definition) is 3. The summed E-state index contributed by atoms with van der Waals surface area (Å²) in [6.07, 6.45) is 6.77. The molecule has 1 aliphatic carbocycles. The summed E-state index contributed by atoms with van der Waals surface area (Å²) >= 11 is 0. The summed E-state index contributed by atoms with van der Waals surface area (Å²) in [6, 6.07) is 5.69. The van der Waals surface area contributed by atoms with Crippen LogP contribution in [0.3, 0.4) is 0 Å². The van der Waals surface area contributed by atoms with Crippen LogP contribution in [0.15, 0.2) is 18.2 Å². The van der Waals surface area contributed by atoms with Gasteiger partial charge in [-0.05, 0) is 44.2 Å². The van der Waals surface area contributed by atoms with Crippen molar-refractivity contribution < 1.29 is 9.84 Å². The lowest BCUT2D eigenvalue weighted by Crippen LogP contribution is -2.28. The van der Waals surface area contributed by atoms with E-state index in [1.807, 2.05) is 12.1 Å². The highest BCUT2D eigenvalue weighted by Crippen LogP contribution is 2.32. The average Bonchev–Trinajstić information content (AvgIpc) is 2.52. The number of aromatic hydroxyl groups is 1. The number of ether oxygens (including phenoxy) is 1. The summed E-state index contributed by atoms with van der Waals surface area (Å²) in [5.74, 6) is 2.74. The quantitative estimate of drug-likeness (QED) is 0.822. The number of phenols is 1. The van der Waals surface area contributed by atoms with Gasteiger partial charge < -0.3 is 15.2 Å². The van der Waals surface area contributed by atoms with Crippen LogP contribution >= 0.6 is 0 Å². The highest BCUT2D eigenvalue weighted by Gasteiger charge is 2.20. The largest absolute Gasteiger partial charge is 0.507 e. The summed E-state index contributed by atoms with van der Waals surface area (Å²) in [5, 5.41) is 13.7. The Balaban J connectivity index is 1.83. The first-order valence-corrected chi connectivity index (χ1v) is 8.24. The standard InChI is InChI=1S/C18H29NO2/c1-4-14-5-7-15(8-6-14)12-19-13(2)17-10-9-16(21-3)11-18(17)20/h9-11,13-15,19-20H,4-8,12H2,1-3H3. The van der Waals surface area contributed by atoms with E-state index in [0.29, 0.717) is 11.5 Å². The molecule has 1 atom stereocenters. The monoisotopic (exact) mass is 291 g/mol. The Bertz CT molecular complexity index is 439. The van der Waals surface area contributed by atoms with Crippen molar-refractivity contribution in [2.24, 2.45) is 11.8 Å². The molecule has 1 saturated carbocycles. The Labute approximate surface area is 128 Å². The maximum atomic E-state index is 10.1. The van der Waals surface area contributed by atoms with Gasteiger partial charge in [-0.1, -0.05) is 32.3 Å². The zero-order chi connectivity index (χ0) is 15.2. The smallest absolute Gasteiger partial charge is 0.124 e. The fraction of sp³-hybridized carbons (Fsp3) is 0.667. The van der Waals surface area contributed by atoms with E-state index in [1.165, 1.54) is 32.1 Å². The second-order valence-electron chi connectivity index (χ2n) is 6.35. The van der Waals surface area contributed by atoms with Crippen molar-refractivity contribution in [3.63, 3.8) is 0 Å². The Kier molecular flexibility index (Phi) is 5.92. The molecule has 0 bridgehead atoms. The van der Waals surface area contributed by atoms with Crippen LogP contribution < -0.4 is 10.1 Å². The van der Waals surface area contributed by atoms with Gasteiger partial charge in [-0.25, -0.2) is 0 Å². The van der Waals surface area contributed by atoms with E-state index in [4.69, 9.17) is 4.74 Å². The first-order valence-electron chi connectivity index (χ1n) is 8.24. The molecule has 21 heavy (non-hydrogen) atoms. The van der Waals surface area contributed by atoms with Crippen LogP contribution in [-0.4, -0.2) is 18.8 Å². The van der Waals surface area contributed by atoms with Gasteiger partial charge in [0.2, 0.25) is 0 Å². The third-order valence-electron chi connectivity index (χ3n) is 4.96. The van der Waals surface area contributed by atoms with Gasteiger partial charge in [0.25, 0.3) is 0 Å². The van der Waals surface area contributed by atoms with E-state index in [1.54, 1.807) is 13.2 Å². The second-order valence-corrected chi connectivity index (χ2v) is 6.35. The highest BCUT2D eigenvalue weighted by atomic mass is 16.5. The molecule has 0 aliphatic heterocycles. The number of nitrogens with one attached hydrogen (secondary N) is 1. The van der Waals surface area contributed by atoms with E-state index < -0.39 is 0 Å². The summed E-state index contributed by atoms with van der Waals surface area (Å²) in [5.41, 5.74) is 0.943. The van der Waals surface area contributed by atoms with Crippen LogP contribution in [0.25, 0.3) is 0 Å². The highest BCUT2D eigenvalue weighted by molar-refractivity contribution is 5.41. The van der Waals surface area contributed by atoms with Crippen LogP contribution in [0, 0.1) is 11.8 Å². The number of phenolic OH excluding ortho intramolecular Hbond substituents is 1. The minimum Gasteiger partial charge on any atom is -0.507 e. The van der Waals surface area contributed by atoms with Gasteiger partial charge in [0, 0.05) is 17.7 Å². The molecule has 0 spiro atoms. The fourth-order valence-corrected chi connectivity index (χ4v) is 3.31. The molecule has 1 fully saturated rings. The van der Waals surface area contributed by atoms with Crippen molar-refractivity contribution in [1.29, 1.82) is 0 Å². The fourth-order valence-electron chi connectivity index (χ4n) is 3.31. The third-order valence-corrected chi connectivity index (χ3v) is 4.96. The van der Waals surface area contributed by atoms with Gasteiger partial charge >= 0.3 is 0 Å². The Morgan fingerprint density at radius 3 is 2.48 bits per heavy atom. The number of hydrogen-bond donors (Lipinski definition) is 2. The molecular formula is C18H29NO2. The van der Waals surface area contributed by atoms with Crippen molar-refractivity contribution in [3.05, 3.63) is 23.8 Å². The first-order chi connectivity index (χ1) is 10.1. The molecule has 2 N–H and O–H groups in total. The molecule has 1 unspecified atom stereocenters. The van der Waals surface area contributed by atoms with Crippen molar-refractivity contribution in [3.8, 4) is 11.5 Å². The lowest BCUT2D eigenvalue weighted by Gasteiger charge is -2.29. The number of methoxy groups -OCH3 is 1. The zero-order valence-corrected chi connectivity index (χ0v) is 13.6. The van der Waals surface area contributed by atoms with Gasteiger partial charge in [0.05, 0.1) is 7.11 Å². The Morgan fingerprint density at radius 1 is 1.24 bits per heavy atom. The normalized spacial score (nSPS) is 23.8. The lowest BCUT2D eigenvalue weighted by molar-refractivity contribution is 0.257. The van der Waals surface area contributed by atoms with Crippen molar-refractivity contribution in [2.45, 2.75) is 52.0 Å². The molecule has 0 heterocycles. The molecule has 1 aliphatic rings. The predicted molar refractivity (Wildman–Crippen MR) is 86.8 cm³/mol. The van der Waals surface area contributed by atoms with Gasteiger partial charge in [-0.15, -0.1) is 0 Å². The lowest BCUT2D eigenvalue weighted by atomic mass is 9.81. The molecule has 1 aromatic rings. The van der Waals surface area contributed by atoms with E-state index >= 15 is 0 Å². The van der Waals surface area contributed by atoms with Crippen molar-refractivity contribution in [1.82, 2.24) is 5.32 Å². The molecule has 0 radical (unpaired) electrons. The SMILES string of the molecule is CCC1CCC(CNC(C)c2ccc(OC)cc2O)CC1. The number of benzene rings is 1. The number of rotatable bonds is 6. The predicted octanol–water partition coefficient (Wildman–Crippen LogP) is 4.27. The Hall–Kier alpha value is -1.22. The Morgan fingerprint density at radius 2 is 1.90 bits per heavy atom. The molecule has 3 heteroatoms. The molecule has 0 saturated heterocycles. The molecule has 0 aromatic heterocycles. The van der Waals surface area contributed by atoms with Gasteiger partial charge in [0.15, 0.2) is 0 Å². The maximum absolute atomic E-state index is 10.1. The van der Waals surface area contributed by atoms with Crippen LogP contribution in [0.2, 0.25) is 0 Å². The second kappa shape index (κ2) is 7.69. The van der Waals surface area contributed by atoms with E-state index in [9.17, 15) is 5.11 Å². The van der Waals surface area contributed by atoms with Crippen LogP contribution in [0.5, 0.6) is 11.5 Å². The summed E-state index contributed by atoms with van der Waals surface area (Å²) in [4.78, 5) is 0. The zero-order valence-electron chi connectivity index (χ0n) is 13.6. The van der Waals surface area contributed by atoms with E-state index in [2.05, 4.69) is 19.2 Å². The molecular weight excluding hydrogens is 262 g/mol. The van der Waals surface area contributed by atoms with E-state index in [0.717, 1.165) is 23.9 Å². The van der Waals surface area contributed by atoms with Crippen LogP contribution in [0.1, 0.15) is 57.6 Å². The summed E-state index contributed by atoms with van der Waals surface area (Å²) in [6.45, 7) is 5.46. The molecule has 1 aromatic carbocycles. The van der Waals surface area contributed by atoms with Crippen molar-refractivity contribution >= 4 is 0 Å². The van der Waals surface area contributed by atoms with E-state index in [-0.39, 0.29) is 6.04 Å².